The van der Waals surface area contributed by atoms with Crippen molar-refractivity contribution in [3.63, 3.8) is 0 Å². The van der Waals surface area contributed by atoms with Gasteiger partial charge in [0.2, 0.25) is 0 Å². The molecule has 5 nitrogen and oxygen atoms in total. The molecule has 0 bridgehead atoms. The Balaban J connectivity index is 1.77. The van der Waals surface area contributed by atoms with Gasteiger partial charge in [-0.3, -0.25) is 4.90 Å². The fourth-order valence-corrected chi connectivity index (χ4v) is 3.45. The van der Waals surface area contributed by atoms with Gasteiger partial charge < -0.3 is 14.2 Å². The van der Waals surface area contributed by atoms with E-state index in [9.17, 15) is 4.79 Å². The first-order valence-electron chi connectivity index (χ1n) is 9.09. The molecule has 138 valence electrons. The van der Waals surface area contributed by atoms with Gasteiger partial charge in [0.25, 0.3) is 0 Å². The molecule has 0 N–H and O–H groups in total. The van der Waals surface area contributed by atoms with Crippen molar-refractivity contribution in [3.8, 4) is 0 Å². The lowest BCUT2D eigenvalue weighted by atomic mass is 9.95. The maximum absolute atomic E-state index is 12.5. The van der Waals surface area contributed by atoms with Crippen LogP contribution in [0, 0.1) is 0 Å². The van der Waals surface area contributed by atoms with Gasteiger partial charge >= 0.3 is 6.09 Å². The van der Waals surface area contributed by atoms with Gasteiger partial charge in [-0.1, -0.05) is 37.1 Å². The molecule has 6 heteroatoms. The average Bonchev–Trinajstić information content (AvgIpc) is 2.79. The summed E-state index contributed by atoms with van der Waals surface area (Å²) in [6.07, 6.45) is 2.39. The van der Waals surface area contributed by atoms with Crippen LogP contribution in [0.1, 0.15) is 49.3 Å². The monoisotopic (exact) mass is 367 g/mol. The highest BCUT2D eigenvalue weighted by Gasteiger charge is 2.30. The van der Waals surface area contributed by atoms with Gasteiger partial charge in [-0.05, 0) is 30.0 Å². The van der Waals surface area contributed by atoms with E-state index in [-0.39, 0.29) is 12.1 Å². The molecule has 0 spiro atoms. The van der Waals surface area contributed by atoms with E-state index in [1.807, 2.05) is 12.1 Å². The largest absolute Gasteiger partial charge is 0.449 e. The van der Waals surface area contributed by atoms with E-state index in [1.165, 1.54) is 5.56 Å². The maximum atomic E-state index is 12.5. The summed E-state index contributed by atoms with van der Waals surface area (Å²) in [6.45, 7) is 5.72. The lowest BCUT2D eigenvalue weighted by Gasteiger charge is -2.31. The number of carbonyl (C=O) groups is 1. The Labute approximate surface area is 154 Å². The summed E-state index contributed by atoms with van der Waals surface area (Å²) in [6, 6.07) is 5.88. The average molecular weight is 368 g/mol. The minimum Gasteiger partial charge on any atom is -0.449 e. The highest BCUT2D eigenvalue weighted by Crippen LogP contribution is 2.34. The standard InChI is InChI=1S/C19H26ClNO4/c1-2-3-9-25-19(22)21-7-4-8-23-13-18(21)16-6-5-14(10-17(16)20)15-11-24-12-15/h5-6,10,15,18H,2-4,7-9,11-13H2,1H3. The molecule has 1 unspecified atom stereocenters. The van der Waals surface area contributed by atoms with E-state index in [4.69, 9.17) is 25.8 Å². The van der Waals surface area contributed by atoms with Crippen molar-refractivity contribution >= 4 is 17.7 Å². The Morgan fingerprint density at radius 1 is 1.32 bits per heavy atom. The van der Waals surface area contributed by atoms with Crippen molar-refractivity contribution in [1.82, 2.24) is 4.90 Å². The molecule has 0 aromatic heterocycles. The molecule has 1 atom stereocenters. The van der Waals surface area contributed by atoms with Crippen LogP contribution in [0.15, 0.2) is 18.2 Å². The van der Waals surface area contributed by atoms with Gasteiger partial charge in [-0.25, -0.2) is 4.79 Å². The number of ether oxygens (including phenoxy) is 3. The van der Waals surface area contributed by atoms with Gasteiger partial charge in [-0.2, -0.15) is 0 Å². The first kappa shape index (κ1) is 18.5. The molecule has 1 aromatic carbocycles. The van der Waals surface area contributed by atoms with Gasteiger partial charge in [-0.15, -0.1) is 0 Å². The Hall–Kier alpha value is -1.30. The van der Waals surface area contributed by atoms with E-state index in [1.54, 1.807) is 4.90 Å². The minimum atomic E-state index is -0.281. The van der Waals surface area contributed by atoms with E-state index >= 15 is 0 Å². The second-order valence-corrected chi connectivity index (χ2v) is 7.03. The fourth-order valence-electron chi connectivity index (χ4n) is 3.14. The summed E-state index contributed by atoms with van der Waals surface area (Å²) in [7, 11) is 0. The second kappa shape index (κ2) is 8.88. The van der Waals surface area contributed by atoms with E-state index in [0.717, 1.165) is 38.0 Å². The van der Waals surface area contributed by atoms with Crippen molar-refractivity contribution in [2.75, 3.05) is 39.6 Å². The van der Waals surface area contributed by atoms with Crippen LogP contribution in [0.25, 0.3) is 0 Å². The van der Waals surface area contributed by atoms with E-state index in [0.29, 0.717) is 37.3 Å². The summed E-state index contributed by atoms with van der Waals surface area (Å²) < 4.78 is 16.4. The predicted octanol–water partition coefficient (Wildman–Crippen LogP) is 4.15. The molecule has 2 aliphatic rings. The number of unbranched alkanes of at least 4 members (excludes halogenated alkanes) is 1. The minimum absolute atomic E-state index is 0.212. The first-order chi connectivity index (χ1) is 12.2. The highest BCUT2D eigenvalue weighted by atomic mass is 35.5. The molecule has 2 saturated heterocycles. The molecular formula is C19H26ClNO4. The third-order valence-corrected chi connectivity index (χ3v) is 5.12. The molecular weight excluding hydrogens is 342 g/mol. The number of rotatable bonds is 5. The smallest absolute Gasteiger partial charge is 0.410 e. The van der Waals surface area contributed by atoms with Crippen molar-refractivity contribution < 1.29 is 19.0 Å². The topological polar surface area (TPSA) is 48.0 Å². The summed E-state index contributed by atoms with van der Waals surface area (Å²) in [5.41, 5.74) is 2.10. The maximum Gasteiger partial charge on any atom is 0.410 e. The lowest BCUT2D eigenvalue weighted by molar-refractivity contribution is 0.00840. The molecule has 25 heavy (non-hydrogen) atoms. The predicted molar refractivity (Wildman–Crippen MR) is 96.2 cm³/mol. The van der Waals surface area contributed by atoms with Gasteiger partial charge in [0.1, 0.15) is 0 Å². The Morgan fingerprint density at radius 2 is 2.16 bits per heavy atom. The lowest BCUT2D eigenvalue weighted by Crippen LogP contribution is -2.37. The van der Waals surface area contributed by atoms with Crippen molar-refractivity contribution in [2.24, 2.45) is 0 Å². The fraction of sp³-hybridized carbons (Fsp3) is 0.632. The quantitative estimate of drug-likeness (QED) is 0.733. The zero-order valence-corrected chi connectivity index (χ0v) is 15.5. The van der Waals surface area contributed by atoms with Crippen LogP contribution in [0.4, 0.5) is 4.79 Å². The van der Waals surface area contributed by atoms with Crippen molar-refractivity contribution in [1.29, 1.82) is 0 Å². The summed E-state index contributed by atoms with van der Waals surface area (Å²) >= 11 is 6.56. The molecule has 0 aliphatic carbocycles. The normalized spacial score (nSPS) is 21.5. The molecule has 2 heterocycles. The number of halogens is 1. The molecule has 2 fully saturated rings. The van der Waals surface area contributed by atoms with Crippen LogP contribution in [0.5, 0.6) is 0 Å². The van der Waals surface area contributed by atoms with E-state index < -0.39 is 0 Å². The Bertz CT molecular complexity index is 591. The number of carbonyl (C=O) groups excluding carboxylic acids is 1. The molecule has 2 aliphatic heterocycles. The van der Waals surface area contributed by atoms with Crippen molar-refractivity contribution in [3.05, 3.63) is 34.3 Å². The number of benzene rings is 1. The summed E-state index contributed by atoms with van der Waals surface area (Å²) in [4.78, 5) is 14.3. The molecule has 3 rings (SSSR count). The van der Waals surface area contributed by atoms with Crippen LogP contribution in [-0.2, 0) is 14.2 Å². The van der Waals surface area contributed by atoms with Crippen LogP contribution in [0.2, 0.25) is 5.02 Å². The Kier molecular flexibility index (Phi) is 6.57. The van der Waals surface area contributed by atoms with Gasteiger partial charge in [0.05, 0.1) is 32.5 Å². The molecule has 1 amide bonds. The number of amides is 1. The van der Waals surface area contributed by atoms with Crippen LogP contribution in [-0.4, -0.2) is 50.6 Å². The number of hydrogen-bond donors (Lipinski definition) is 0. The van der Waals surface area contributed by atoms with Crippen LogP contribution < -0.4 is 0 Å². The molecule has 0 saturated carbocycles. The Morgan fingerprint density at radius 3 is 2.84 bits per heavy atom. The van der Waals surface area contributed by atoms with Crippen molar-refractivity contribution in [2.45, 2.75) is 38.1 Å². The molecule has 0 radical (unpaired) electrons. The SMILES string of the molecule is CCCCOC(=O)N1CCCOCC1c1ccc(C2COC2)cc1Cl. The zero-order chi connectivity index (χ0) is 17.6. The summed E-state index contributed by atoms with van der Waals surface area (Å²) in [5.74, 6) is 0.423. The summed E-state index contributed by atoms with van der Waals surface area (Å²) in [5, 5.41) is 0.672. The van der Waals surface area contributed by atoms with Crippen LogP contribution in [0.3, 0.4) is 0 Å². The van der Waals surface area contributed by atoms with Gasteiger partial charge in [0.15, 0.2) is 0 Å². The third kappa shape index (κ3) is 4.46. The third-order valence-electron chi connectivity index (χ3n) is 4.79. The number of hydrogen-bond acceptors (Lipinski definition) is 4. The van der Waals surface area contributed by atoms with Crippen LogP contribution >= 0.6 is 11.6 Å². The zero-order valence-electron chi connectivity index (χ0n) is 14.7. The first-order valence-corrected chi connectivity index (χ1v) is 9.46. The van der Waals surface area contributed by atoms with E-state index in [2.05, 4.69) is 13.0 Å². The second-order valence-electron chi connectivity index (χ2n) is 6.62. The molecule has 1 aromatic rings. The highest BCUT2D eigenvalue weighted by molar-refractivity contribution is 6.31. The van der Waals surface area contributed by atoms with Gasteiger partial charge in [0, 0.05) is 24.1 Å². The number of nitrogens with zero attached hydrogens (tertiary/aromatic N) is 1.